The van der Waals surface area contributed by atoms with Crippen LogP contribution in [0.5, 0.6) is 0 Å². The number of nitrogens with zero attached hydrogens (tertiary/aromatic N) is 1. The van der Waals surface area contributed by atoms with Crippen molar-refractivity contribution >= 4 is 11.9 Å². The van der Waals surface area contributed by atoms with Crippen LogP contribution in [0.15, 0.2) is 18.8 Å². The lowest BCUT2D eigenvalue weighted by Crippen LogP contribution is -2.01. The monoisotopic (exact) mass is 163 g/mol. The minimum Gasteiger partial charge on any atom is -0.373 e. The Morgan fingerprint density at radius 2 is 2.50 bits per heavy atom. The van der Waals surface area contributed by atoms with E-state index in [1.807, 2.05) is 13.1 Å². The fourth-order valence-corrected chi connectivity index (χ4v) is 1.00. The van der Waals surface area contributed by atoms with Crippen LogP contribution in [-0.2, 0) is 6.54 Å². The molecule has 0 saturated carbocycles. The SMILES string of the molecule is C=Cc1cc(CN)cnc1NC. The van der Waals surface area contributed by atoms with Gasteiger partial charge in [0.05, 0.1) is 0 Å². The van der Waals surface area contributed by atoms with Crippen molar-refractivity contribution in [3.63, 3.8) is 0 Å². The van der Waals surface area contributed by atoms with E-state index in [4.69, 9.17) is 5.73 Å². The van der Waals surface area contributed by atoms with E-state index >= 15 is 0 Å². The molecule has 0 spiro atoms. The molecule has 1 heterocycles. The third kappa shape index (κ3) is 1.62. The van der Waals surface area contributed by atoms with Gasteiger partial charge in [-0.05, 0) is 11.6 Å². The van der Waals surface area contributed by atoms with Gasteiger partial charge in [0, 0.05) is 25.4 Å². The van der Waals surface area contributed by atoms with Crippen LogP contribution in [0.4, 0.5) is 5.82 Å². The first-order valence-corrected chi connectivity index (χ1v) is 3.81. The van der Waals surface area contributed by atoms with Gasteiger partial charge in [-0.2, -0.15) is 0 Å². The number of hydrogen-bond acceptors (Lipinski definition) is 3. The highest BCUT2D eigenvalue weighted by Crippen LogP contribution is 2.14. The summed E-state index contributed by atoms with van der Waals surface area (Å²) in [6.45, 7) is 4.21. The van der Waals surface area contributed by atoms with Crippen molar-refractivity contribution in [2.24, 2.45) is 5.73 Å². The van der Waals surface area contributed by atoms with Gasteiger partial charge in [-0.3, -0.25) is 0 Å². The van der Waals surface area contributed by atoms with E-state index in [1.54, 1.807) is 12.3 Å². The van der Waals surface area contributed by atoms with Gasteiger partial charge in [-0.25, -0.2) is 4.98 Å². The second-order valence-electron chi connectivity index (χ2n) is 2.44. The number of aromatic nitrogens is 1. The summed E-state index contributed by atoms with van der Waals surface area (Å²) in [7, 11) is 1.83. The van der Waals surface area contributed by atoms with Gasteiger partial charge in [0.1, 0.15) is 5.82 Å². The lowest BCUT2D eigenvalue weighted by atomic mass is 10.2. The maximum absolute atomic E-state index is 5.47. The van der Waals surface area contributed by atoms with Crippen molar-refractivity contribution in [1.82, 2.24) is 4.98 Å². The number of hydrogen-bond donors (Lipinski definition) is 2. The molecule has 3 heteroatoms. The van der Waals surface area contributed by atoms with Gasteiger partial charge in [0.25, 0.3) is 0 Å². The molecule has 0 unspecified atom stereocenters. The molecular formula is C9H13N3. The van der Waals surface area contributed by atoms with Crippen molar-refractivity contribution in [3.05, 3.63) is 30.0 Å². The topological polar surface area (TPSA) is 50.9 Å². The Bertz CT molecular complexity index is 281. The Labute approximate surface area is 72.3 Å². The zero-order chi connectivity index (χ0) is 8.97. The first-order chi connectivity index (χ1) is 5.81. The molecule has 0 aliphatic carbocycles. The molecule has 12 heavy (non-hydrogen) atoms. The van der Waals surface area contributed by atoms with Crippen molar-refractivity contribution in [2.75, 3.05) is 12.4 Å². The third-order valence-corrected chi connectivity index (χ3v) is 1.67. The van der Waals surface area contributed by atoms with Crippen molar-refractivity contribution in [2.45, 2.75) is 6.54 Å². The van der Waals surface area contributed by atoms with Crippen LogP contribution in [0.25, 0.3) is 6.08 Å². The molecule has 0 bridgehead atoms. The van der Waals surface area contributed by atoms with E-state index in [9.17, 15) is 0 Å². The second-order valence-corrected chi connectivity index (χ2v) is 2.44. The zero-order valence-electron chi connectivity index (χ0n) is 7.17. The van der Waals surface area contributed by atoms with Crippen molar-refractivity contribution in [1.29, 1.82) is 0 Å². The summed E-state index contributed by atoms with van der Waals surface area (Å²) in [5.74, 6) is 0.835. The van der Waals surface area contributed by atoms with Crippen LogP contribution in [0.2, 0.25) is 0 Å². The molecule has 0 fully saturated rings. The smallest absolute Gasteiger partial charge is 0.132 e. The summed E-state index contributed by atoms with van der Waals surface area (Å²) in [6.07, 6.45) is 3.52. The standard InChI is InChI=1S/C9H13N3/c1-3-8-4-7(5-10)6-12-9(8)11-2/h3-4,6H,1,5,10H2,2H3,(H,11,12). The van der Waals surface area contributed by atoms with E-state index in [-0.39, 0.29) is 0 Å². The summed E-state index contributed by atoms with van der Waals surface area (Å²) >= 11 is 0. The summed E-state index contributed by atoms with van der Waals surface area (Å²) in [5.41, 5.74) is 7.47. The molecule has 1 aromatic heterocycles. The van der Waals surface area contributed by atoms with Crippen molar-refractivity contribution in [3.8, 4) is 0 Å². The molecule has 0 aliphatic heterocycles. The number of nitrogens with one attached hydrogen (secondary N) is 1. The Hall–Kier alpha value is -1.35. The molecule has 3 N–H and O–H groups in total. The lowest BCUT2D eigenvalue weighted by Gasteiger charge is -2.05. The molecule has 3 nitrogen and oxygen atoms in total. The maximum atomic E-state index is 5.47. The maximum Gasteiger partial charge on any atom is 0.132 e. The predicted molar refractivity (Wildman–Crippen MR) is 51.8 cm³/mol. The van der Waals surface area contributed by atoms with Gasteiger partial charge >= 0.3 is 0 Å². The molecular weight excluding hydrogens is 150 g/mol. The molecule has 0 amide bonds. The van der Waals surface area contributed by atoms with E-state index in [0.29, 0.717) is 6.54 Å². The number of pyridine rings is 1. The Morgan fingerprint density at radius 1 is 1.75 bits per heavy atom. The summed E-state index contributed by atoms with van der Waals surface area (Å²) in [4.78, 5) is 4.18. The third-order valence-electron chi connectivity index (χ3n) is 1.67. The molecule has 0 atom stereocenters. The summed E-state index contributed by atoms with van der Waals surface area (Å²) < 4.78 is 0. The second kappa shape index (κ2) is 3.88. The largest absolute Gasteiger partial charge is 0.373 e. The van der Waals surface area contributed by atoms with Gasteiger partial charge in [-0.1, -0.05) is 12.7 Å². The highest BCUT2D eigenvalue weighted by Gasteiger charge is 1.98. The van der Waals surface area contributed by atoms with E-state index in [2.05, 4.69) is 16.9 Å². The van der Waals surface area contributed by atoms with Gasteiger partial charge in [-0.15, -0.1) is 0 Å². The highest BCUT2D eigenvalue weighted by molar-refractivity contribution is 5.62. The van der Waals surface area contributed by atoms with Crippen LogP contribution in [-0.4, -0.2) is 12.0 Å². The average Bonchev–Trinajstić information content (AvgIpc) is 2.16. The van der Waals surface area contributed by atoms with Crippen LogP contribution in [0.3, 0.4) is 0 Å². The Balaban J connectivity index is 3.10. The number of nitrogens with two attached hydrogens (primary N) is 1. The van der Waals surface area contributed by atoms with Crippen LogP contribution in [0, 0.1) is 0 Å². The fourth-order valence-electron chi connectivity index (χ4n) is 1.00. The molecule has 1 rings (SSSR count). The highest BCUT2D eigenvalue weighted by atomic mass is 15.0. The Kier molecular flexibility index (Phi) is 2.82. The van der Waals surface area contributed by atoms with E-state index in [0.717, 1.165) is 16.9 Å². The summed E-state index contributed by atoms with van der Waals surface area (Å²) in [5, 5.41) is 2.97. The normalized spacial score (nSPS) is 9.50. The quantitative estimate of drug-likeness (QED) is 0.704. The molecule has 0 saturated heterocycles. The Morgan fingerprint density at radius 3 is 3.00 bits per heavy atom. The fraction of sp³-hybridized carbons (Fsp3) is 0.222. The number of anilines is 1. The van der Waals surface area contributed by atoms with Crippen molar-refractivity contribution < 1.29 is 0 Å². The molecule has 64 valence electrons. The minimum atomic E-state index is 0.512. The molecule has 1 aromatic rings. The zero-order valence-corrected chi connectivity index (χ0v) is 7.17. The average molecular weight is 163 g/mol. The first-order valence-electron chi connectivity index (χ1n) is 3.81. The van der Waals surface area contributed by atoms with Crippen LogP contribution in [0.1, 0.15) is 11.1 Å². The molecule has 0 aliphatic rings. The van der Waals surface area contributed by atoms with Gasteiger partial charge < -0.3 is 11.1 Å². The predicted octanol–water partition coefficient (Wildman–Crippen LogP) is 1.23. The van der Waals surface area contributed by atoms with Gasteiger partial charge in [0.2, 0.25) is 0 Å². The molecule has 0 aromatic carbocycles. The van der Waals surface area contributed by atoms with Crippen LogP contribution < -0.4 is 11.1 Å². The molecule has 0 radical (unpaired) electrons. The number of rotatable bonds is 3. The lowest BCUT2D eigenvalue weighted by molar-refractivity contribution is 1.05. The van der Waals surface area contributed by atoms with E-state index in [1.165, 1.54) is 0 Å². The van der Waals surface area contributed by atoms with E-state index < -0.39 is 0 Å². The summed E-state index contributed by atoms with van der Waals surface area (Å²) in [6, 6.07) is 1.98. The van der Waals surface area contributed by atoms with Crippen LogP contribution >= 0.6 is 0 Å². The van der Waals surface area contributed by atoms with Gasteiger partial charge in [0.15, 0.2) is 0 Å². The minimum absolute atomic E-state index is 0.512. The first kappa shape index (κ1) is 8.74.